The number of benzene rings is 1. The Labute approximate surface area is 128 Å². The third-order valence-electron chi connectivity index (χ3n) is 2.92. The molecule has 6 nitrogen and oxygen atoms in total. The molecular weight excluding hydrogens is 346 g/mol. The second-order valence-electron chi connectivity index (χ2n) is 4.72. The minimum absolute atomic E-state index is 0.314. The van der Waals surface area contributed by atoms with Crippen molar-refractivity contribution in [2.24, 2.45) is 5.92 Å². The fraction of sp³-hybridized carbons (Fsp3) is 0.417. The first-order valence-corrected chi connectivity index (χ1v) is 7.89. The maximum Gasteiger partial charge on any atom is 0.573 e. The molecule has 0 radical (unpaired) electrons. The van der Waals surface area contributed by atoms with E-state index in [1.807, 2.05) is 0 Å². The van der Waals surface area contributed by atoms with Gasteiger partial charge in [0.25, 0.3) is 0 Å². The van der Waals surface area contributed by atoms with Gasteiger partial charge in [0.2, 0.25) is 5.91 Å². The Bertz CT molecular complexity index is 704. The Balaban J connectivity index is 2.07. The number of amides is 1. The number of ether oxygens (including phenoxy) is 1. The smallest absolute Gasteiger partial charge is 0.403 e. The molecule has 1 unspecified atom stereocenters. The number of hydrogen-bond donors (Lipinski definition) is 1. The molecule has 1 atom stereocenters. The predicted octanol–water partition coefficient (Wildman–Crippen LogP) is 1.57. The molecule has 1 aliphatic rings. The van der Waals surface area contributed by atoms with Gasteiger partial charge in [0.1, 0.15) is 5.75 Å². The Hall–Kier alpha value is -2.04. The van der Waals surface area contributed by atoms with E-state index >= 15 is 0 Å². The van der Waals surface area contributed by atoms with Crippen LogP contribution in [0.4, 0.5) is 17.6 Å². The number of halogens is 4. The average molecular weight is 357 g/mol. The Morgan fingerprint density at radius 3 is 2.52 bits per heavy atom. The van der Waals surface area contributed by atoms with Crippen molar-refractivity contribution in [1.29, 1.82) is 0 Å². The van der Waals surface area contributed by atoms with E-state index in [4.69, 9.17) is 0 Å². The molecular formula is C12H11F4NO5S. The van der Waals surface area contributed by atoms with Gasteiger partial charge in [0.05, 0.1) is 11.7 Å². The van der Waals surface area contributed by atoms with E-state index in [-0.39, 0.29) is 0 Å². The zero-order chi connectivity index (χ0) is 17.3. The monoisotopic (exact) mass is 357 g/mol. The van der Waals surface area contributed by atoms with E-state index in [0.717, 1.165) is 6.07 Å². The molecule has 1 saturated heterocycles. The molecule has 11 heteroatoms. The van der Waals surface area contributed by atoms with Crippen molar-refractivity contribution in [2.75, 3.05) is 12.3 Å². The molecule has 23 heavy (non-hydrogen) atoms. The second kappa shape index (κ2) is 6.22. The van der Waals surface area contributed by atoms with Gasteiger partial charge in [-0.2, -0.15) is 8.42 Å². The van der Waals surface area contributed by atoms with Gasteiger partial charge in [-0.05, 0) is 18.6 Å². The summed E-state index contributed by atoms with van der Waals surface area (Å²) in [5.41, 5.74) is 0. The Morgan fingerprint density at radius 2 is 2.00 bits per heavy atom. The van der Waals surface area contributed by atoms with Gasteiger partial charge in [-0.3, -0.25) is 4.79 Å². The standard InChI is InChI=1S/C12H11F4NO5S/c13-9-5-8(1-2-10(9)21-12(14,15)16)22-23(19,20)6-7-3-4-17-11(7)18/h1-2,5,7H,3-4,6H2,(H,17,18). The molecule has 1 amide bonds. The number of carbonyl (C=O) groups excluding carboxylic acids is 1. The van der Waals surface area contributed by atoms with Crippen LogP contribution in [0.2, 0.25) is 0 Å². The van der Waals surface area contributed by atoms with Crippen LogP contribution in [0.3, 0.4) is 0 Å². The largest absolute Gasteiger partial charge is 0.573 e. The Morgan fingerprint density at radius 1 is 1.30 bits per heavy atom. The summed E-state index contributed by atoms with van der Waals surface area (Å²) in [5, 5.41) is 2.45. The summed E-state index contributed by atoms with van der Waals surface area (Å²) >= 11 is 0. The third-order valence-corrected chi connectivity index (χ3v) is 4.18. The SMILES string of the molecule is O=C1NCCC1CS(=O)(=O)Oc1ccc(OC(F)(F)F)c(F)c1. The van der Waals surface area contributed by atoms with Crippen LogP contribution in [0.15, 0.2) is 18.2 Å². The number of hydrogen-bond acceptors (Lipinski definition) is 5. The molecule has 1 aromatic carbocycles. The van der Waals surface area contributed by atoms with Crippen LogP contribution in [0.5, 0.6) is 11.5 Å². The lowest BCUT2D eigenvalue weighted by Gasteiger charge is -2.12. The molecule has 1 aliphatic heterocycles. The van der Waals surface area contributed by atoms with E-state index in [0.29, 0.717) is 25.1 Å². The van der Waals surface area contributed by atoms with Crippen molar-refractivity contribution >= 4 is 16.0 Å². The molecule has 0 bridgehead atoms. The molecule has 1 N–H and O–H groups in total. The highest BCUT2D eigenvalue weighted by Gasteiger charge is 2.33. The predicted molar refractivity (Wildman–Crippen MR) is 68.6 cm³/mol. The van der Waals surface area contributed by atoms with Gasteiger partial charge in [-0.25, -0.2) is 4.39 Å². The van der Waals surface area contributed by atoms with Crippen molar-refractivity contribution < 1.29 is 39.7 Å². The van der Waals surface area contributed by atoms with Gasteiger partial charge in [-0.1, -0.05) is 0 Å². The van der Waals surface area contributed by atoms with Crippen molar-refractivity contribution in [3.05, 3.63) is 24.0 Å². The van der Waals surface area contributed by atoms with E-state index in [1.54, 1.807) is 0 Å². The summed E-state index contributed by atoms with van der Waals surface area (Å²) < 4.78 is 81.0. The molecule has 2 rings (SSSR count). The maximum absolute atomic E-state index is 13.5. The van der Waals surface area contributed by atoms with Crippen molar-refractivity contribution in [2.45, 2.75) is 12.8 Å². The van der Waals surface area contributed by atoms with Crippen LogP contribution in [0.25, 0.3) is 0 Å². The number of rotatable bonds is 5. The maximum atomic E-state index is 13.5. The van der Waals surface area contributed by atoms with Crippen molar-refractivity contribution in [1.82, 2.24) is 5.32 Å². The lowest BCUT2D eigenvalue weighted by molar-refractivity contribution is -0.275. The van der Waals surface area contributed by atoms with Crippen molar-refractivity contribution in [3.8, 4) is 11.5 Å². The van der Waals surface area contributed by atoms with Crippen LogP contribution < -0.4 is 14.2 Å². The molecule has 0 spiro atoms. The first-order chi connectivity index (χ1) is 10.6. The van der Waals surface area contributed by atoms with Crippen molar-refractivity contribution in [3.63, 3.8) is 0 Å². The molecule has 1 aromatic rings. The molecule has 128 valence electrons. The summed E-state index contributed by atoms with van der Waals surface area (Å²) in [7, 11) is -4.21. The van der Waals surface area contributed by atoms with Crippen LogP contribution in [0, 0.1) is 11.7 Å². The summed E-state index contributed by atoms with van der Waals surface area (Å²) in [6.45, 7) is 0.344. The lowest BCUT2D eigenvalue weighted by atomic mass is 10.1. The first kappa shape index (κ1) is 17.3. The van der Waals surface area contributed by atoms with Gasteiger partial charge < -0.3 is 14.2 Å². The lowest BCUT2D eigenvalue weighted by Crippen LogP contribution is -2.27. The van der Waals surface area contributed by atoms with Gasteiger partial charge in [-0.15, -0.1) is 13.2 Å². The fourth-order valence-corrected chi connectivity index (χ4v) is 3.25. The molecule has 0 saturated carbocycles. The normalized spacial score (nSPS) is 18.6. The van der Waals surface area contributed by atoms with Gasteiger partial charge in [0.15, 0.2) is 11.6 Å². The van der Waals surface area contributed by atoms with Gasteiger partial charge in [0, 0.05) is 12.6 Å². The zero-order valence-corrected chi connectivity index (χ0v) is 12.2. The van der Waals surface area contributed by atoms with E-state index in [9.17, 15) is 30.8 Å². The second-order valence-corrected chi connectivity index (χ2v) is 6.34. The minimum atomic E-state index is -5.08. The third kappa shape index (κ3) is 4.98. The average Bonchev–Trinajstić information content (AvgIpc) is 2.76. The summed E-state index contributed by atoms with van der Waals surface area (Å²) in [6.07, 6.45) is -4.76. The summed E-state index contributed by atoms with van der Waals surface area (Å²) in [6, 6.07) is 1.86. The van der Waals surface area contributed by atoms with E-state index < -0.39 is 51.4 Å². The molecule has 0 aliphatic carbocycles. The van der Waals surface area contributed by atoms with Crippen LogP contribution in [0.1, 0.15) is 6.42 Å². The highest BCUT2D eigenvalue weighted by Crippen LogP contribution is 2.29. The van der Waals surface area contributed by atoms with E-state index in [2.05, 4.69) is 14.2 Å². The van der Waals surface area contributed by atoms with Crippen LogP contribution >= 0.6 is 0 Å². The Kier molecular flexibility index (Phi) is 4.68. The highest BCUT2D eigenvalue weighted by atomic mass is 32.2. The number of alkyl halides is 3. The summed E-state index contributed by atoms with van der Waals surface area (Å²) in [4.78, 5) is 11.3. The first-order valence-electron chi connectivity index (χ1n) is 6.31. The number of nitrogens with one attached hydrogen (secondary N) is 1. The topological polar surface area (TPSA) is 81.7 Å². The van der Waals surface area contributed by atoms with Crippen LogP contribution in [-0.4, -0.2) is 33.0 Å². The fourth-order valence-electron chi connectivity index (χ4n) is 1.97. The van der Waals surface area contributed by atoms with Crippen LogP contribution in [-0.2, 0) is 14.9 Å². The molecule has 1 heterocycles. The quantitative estimate of drug-likeness (QED) is 0.639. The van der Waals surface area contributed by atoms with E-state index in [1.165, 1.54) is 0 Å². The zero-order valence-electron chi connectivity index (χ0n) is 11.4. The minimum Gasteiger partial charge on any atom is -0.403 e. The molecule has 1 fully saturated rings. The highest BCUT2D eigenvalue weighted by molar-refractivity contribution is 7.87. The van der Waals surface area contributed by atoms with Gasteiger partial charge >= 0.3 is 16.5 Å². The summed E-state index contributed by atoms with van der Waals surface area (Å²) in [5.74, 6) is -4.89. The number of carbonyl (C=O) groups is 1. The molecule has 0 aromatic heterocycles.